The van der Waals surface area contributed by atoms with E-state index in [1.165, 1.54) is 118 Å². The first-order chi connectivity index (χ1) is 19.6. The molecule has 3 heteroatoms. The largest absolute Gasteiger partial charge is 0.254 e. The molecule has 4 rings (SSSR count). The van der Waals surface area contributed by atoms with Gasteiger partial charge in [-0.3, -0.25) is 4.21 Å². The van der Waals surface area contributed by atoms with Gasteiger partial charge in [0.25, 0.3) is 0 Å². The molecular weight excluding hydrogens is 572 g/mol. The van der Waals surface area contributed by atoms with Gasteiger partial charge in [0.15, 0.2) is 0 Å². The average molecular weight is 622 g/mol. The third-order valence-electron chi connectivity index (χ3n) is 8.94. The van der Waals surface area contributed by atoms with E-state index in [2.05, 4.69) is 78.3 Å². The lowest BCUT2D eigenvalue weighted by molar-refractivity contribution is 0.398. The number of fused-ring (bicyclic) bond motifs is 3. The molecule has 0 bridgehead atoms. The lowest BCUT2D eigenvalue weighted by atomic mass is 9.70. The van der Waals surface area contributed by atoms with Crippen LogP contribution in [0.4, 0.5) is 0 Å². The molecule has 1 unspecified atom stereocenters. The van der Waals surface area contributed by atoms with Crippen LogP contribution in [0.2, 0.25) is 0 Å². The van der Waals surface area contributed by atoms with Crippen LogP contribution in [0, 0.1) is 0 Å². The fourth-order valence-corrected chi connectivity index (χ4v) is 8.10. The normalized spacial score (nSPS) is 14.2. The maximum atomic E-state index is 13.1. The SMILES string of the molecule is CCCCCCCCC1(CCCCCCCC)c2ccccc2-c2ccc(-c3cc(Br)ccc3S(=O)CC)cc21. The van der Waals surface area contributed by atoms with Crippen molar-refractivity contribution < 1.29 is 4.21 Å². The van der Waals surface area contributed by atoms with E-state index in [1.54, 1.807) is 0 Å². The van der Waals surface area contributed by atoms with Crippen molar-refractivity contribution >= 4 is 26.7 Å². The van der Waals surface area contributed by atoms with E-state index in [0.29, 0.717) is 5.75 Å². The van der Waals surface area contributed by atoms with Gasteiger partial charge in [-0.2, -0.15) is 0 Å². The number of benzene rings is 3. The van der Waals surface area contributed by atoms with Crippen LogP contribution in [-0.2, 0) is 16.2 Å². The highest BCUT2D eigenvalue weighted by Crippen LogP contribution is 2.55. The number of hydrogen-bond donors (Lipinski definition) is 0. The van der Waals surface area contributed by atoms with E-state index in [0.717, 1.165) is 14.9 Å². The summed E-state index contributed by atoms with van der Waals surface area (Å²) in [6.07, 6.45) is 18.3. The predicted octanol–water partition coefficient (Wildman–Crippen LogP) is 12.0. The molecule has 0 heterocycles. The van der Waals surface area contributed by atoms with E-state index in [9.17, 15) is 4.21 Å². The Labute approximate surface area is 255 Å². The van der Waals surface area contributed by atoms with E-state index in [4.69, 9.17) is 0 Å². The Bertz CT molecular complexity index is 1250. The standard InChI is InChI=1S/C37H49BrOS/c1-4-7-9-11-13-17-25-37(26-18-14-12-10-8-5-2)34-20-16-15-19-31(34)32-23-21-29(27-35(32)37)33-28-30(38)22-24-36(33)40(39)6-3/h15-16,19-24,27-28H,4-14,17-18,25-26H2,1-3H3. The van der Waals surface area contributed by atoms with Crippen LogP contribution in [0.1, 0.15) is 122 Å². The molecule has 0 aliphatic heterocycles. The predicted molar refractivity (Wildman–Crippen MR) is 179 cm³/mol. The highest BCUT2D eigenvalue weighted by Gasteiger charge is 2.42. The van der Waals surface area contributed by atoms with Gasteiger partial charge in [-0.15, -0.1) is 0 Å². The van der Waals surface area contributed by atoms with Gasteiger partial charge in [-0.1, -0.05) is 150 Å². The maximum absolute atomic E-state index is 13.1. The molecule has 0 fully saturated rings. The van der Waals surface area contributed by atoms with Crippen molar-refractivity contribution in [3.8, 4) is 22.3 Å². The van der Waals surface area contributed by atoms with Gasteiger partial charge in [-0.05, 0) is 70.5 Å². The van der Waals surface area contributed by atoms with Crippen molar-refractivity contribution in [2.45, 2.75) is 121 Å². The summed E-state index contributed by atoms with van der Waals surface area (Å²) < 4.78 is 14.1. The van der Waals surface area contributed by atoms with Crippen molar-refractivity contribution in [2.75, 3.05) is 5.75 Å². The number of unbranched alkanes of at least 4 members (excludes halogenated alkanes) is 10. The quantitative estimate of drug-likeness (QED) is 0.137. The van der Waals surface area contributed by atoms with Gasteiger partial charge in [0.05, 0.1) is 10.8 Å². The molecule has 1 aliphatic rings. The van der Waals surface area contributed by atoms with E-state index >= 15 is 0 Å². The third kappa shape index (κ3) is 7.19. The second kappa shape index (κ2) is 15.5. The van der Waals surface area contributed by atoms with Crippen molar-refractivity contribution in [2.24, 2.45) is 0 Å². The van der Waals surface area contributed by atoms with Crippen molar-refractivity contribution in [3.05, 3.63) is 76.3 Å². The van der Waals surface area contributed by atoms with Gasteiger partial charge in [0.1, 0.15) is 0 Å². The molecular formula is C37H49BrOS. The zero-order valence-electron chi connectivity index (χ0n) is 25.1. The summed E-state index contributed by atoms with van der Waals surface area (Å²) in [5, 5.41) is 0. The second-order valence-corrected chi connectivity index (χ2v) is 14.3. The molecule has 40 heavy (non-hydrogen) atoms. The third-order valence-corrected chi connectivity index (χ3v) is 10.8. The van der Waals surface area contributed by atoms with Gasteiger partial charge in [0, 0.05) is 20.5 Å². The molecule has 1 aliphatic carbocycles. The van der Waals surface area contributed by atoms with Crippen molar-refractivity contribution in [1.29, 1.82) is 0 Å². The first kappa shape index (κ1) is 31.2. The molecule has 0 radical (unpaired) electrons. The summed E-state index contributed by atoms with van der Waals surface area (Å²) in [6.45, 7) is 6.60. The summed E-state index contributed by atoms with van der Waals surface area (Å²) in [5.41, 5.74) is 8.23. The fourth-order valence-electron chi connectivity index (χ4n) is 6.78. The van der Waals surface area contributed by atoms with Crippen LogP contribution in [0.5, 0.6) is 0 Å². The van der Waals surface area contributed by atoms with E-state index in [-0.39, 0.29) is 5.41 Å². The van der Waals surface area contributed by atoms with Crippen molar-refractivity contribution in [1.82, 2.24) is 0 Å². The number of hydrogen-bond acceptors (Lipinski definition) is 1. The molecule has 216 valence electrons. The highest BCUT2D eigenvalue weighted by atomic mass is 79.9. The zero-order valence-corrected chi connectivity index (χ0v) is 27.5. The Hall–Kier alpha value is -1.71. The summed E-state index contributed by atoms with van der Waals surface area (Å²) in [6, 6.07) is 22.5. The van der Waals surface area contributed by atoms with Crippen LogP contribution in [0.25, 0.3) is 22.3 Å². The van der Waals surface area contributed by atoms with Crippen LogP contribution < -0.4 is 0 Å². The fraction of sp³-hybridized carbons (Fsp3) is 0.514. The van der Waals surface area contributed by atoms with Crippen LogP contribution in [0.15, 0.2) is 70.0 Å². The van der Waals surface area contributed by atoms with Crippen molar-refractivity contribution in [3.63, 3.8) is 0 Å². The summed E-state index contributed by atoms with van der Waals surface area (Å²) in [7, 11) is -1.01. The molecule has 3 aromatic carbocycles. The smallest absolute Gasteiger partial charge is 0.0533 e. The van der Waals surface area contributed by atoms with E-state index < -0.39 is 10.8 Å². The second-order valence-electron chi connectivity index (χ2n) is 11.7. The van der Waals surface area contributed by atoms with E-state index in [1.807, 2.05) is 19.1 Å². The molecule has 0 saturated heterocycles. The lowest BCUT2D eigenvalue weighted by Gasteiger charge is -2.33. The van der Waals surface area contributed by atoms with Gasteiger partial charge < -0.3 is 0 Å². The first-order valence-electron chi connectivity index (χ1n) is 16.0. The number of rotatable bonds is 17. The molecule has 0 amide bonds. The Morgan fingerprint density at radius 3 is 1.88 bits per heavy atom. The Kier molecular flexibility index (Phi) is 12.1. The molecule has 3 aromatic rings. The lowest BCUT2D eigenvalue weighted by Crippen LogP contribution is -2.25. The molecule has 0 spiro atoms. The van der Waals surface area contributed by atoms with Crippen LogP contribution >= 0.6 is 15.9 Å². The maximum Gasteiger partial charge on any atom is 0.0533 e. The van der Waals surface area contributed by atoms with Gasteiger partial charge in [-0.25, -0.2) is 0 Å². The molecule has 1 nitrogen and oxygen atoms in total. The first-order valence-corrected chi connectivity index (χ1v) is 18.1. The topological polar surface area (TPSA) is 17.1 Å². The minimum atomic E-state index is -1.01. The van der Waals surface area contributed by atoms with Crippen LogP contribution in [-0.4, -0.2) is 9.96 Å². The minimum Gasteiger partial charge on any atom is -0.254 e. The van der Waals surface area contributed by atoms with Gasteiger partial charge >= 0.3 is 0 Å². The minimum absolute atomic E-state index is 0.0630. The number of halogens is 1. The zero-order chi connectivity index (χ0) is 28.4. The Morgan fingerprint density at radius 2 is 1.23 bits per heavy atom. The molecule has 1 atom stereocenters. The monoisotopic (exact) mass is 620 g/mol. The summed E-state index contributed by atoms with van der Waals surface area (Å²) in [5.74, 6) is 0.630. The van der Waals surface area contributed by atoms with Gasteiger partial charge in [0.2, 0.25) is 0 Å². The molecule has 0 saturated carbocycles. The summed E-state index contributed by atoms with van der Waals surface area (Å²) >= 11 is 3.69. The summed E-state index contributed by atoms with van der Waals surface area (Å²) in [4.78, 5) is 0.943. The molecule has 0 aromatic heterocycles. The Morgan fingerprint density at radius 1 is 0.625 bits per heavy atom. The Balaban J connectivity index is 1.74. The van der Waals surface area contributed by atoms with Crippen LogP contribution in [0.3, 0.4) is 0 Å². The average Bonchev–Trinajstić information content (AvgIpc) is 3.25. The highest BCUT2D eigenvalue weighted by molar-refractivity contribution is 9.10. The molecule has 0 N–H and O–H groups in total.